The number of sulfonamides is 1. The molecule has 3 rings (SSSR count). The molecule has 0 amide bonds. The molecule has 2 aliphatic rings. The quantitative estimate of drug-likeness (QED) is 0.903. The van der Waals surface area contributed by atoms with Crippen molar-refractivity contribution in [1.82, 2.24) is 9.62 Å². The fraction of sp³-hybridized carbons (Fsp3) is 0.600. The first-order valence-electron chi connectivity index (χ1n) is 7.51. The Morgan fingerprint density at radius 2 is 1.81 bits per heavy atom. The molecule has 4 nitrogen and oxygen atoms in total. The largest absolute Gasteiger partial charge is 0.299 e. The second-order valence-corrected chi connectivity index (χ2v) is 8.00. The lowest BCUT2D eigenvalue weighted by molar-refractivity contribution is 0.198. The van der Waals surface area contributed by atoms with E-state index in [0.717, 1.165) is 38.8 Å². The fourth-order valence-electron chi connectivity index (χ4n) is 2.78. The van der Waals surface area contributed by atoms with Crippen molar-refractivity contribution in [2.45, 2.75) is 43.5 Å². The van der Waals surface area contributed by atoms with Crippen LogP contribution < -0.4 is 4.72 Å². The van der Waals surface area contributed by atoms with Crippen molar-refractivity contribution in [2.24, 2.45) is 0 Å². The standard InChI is InChI=1S/C15H21FN2O2S/c16-15-4-2-1-3-12(15)11-18-9-7-13(8-10-18)17-21(19,20)14-5-6-14/h1-4,13-14,17H,5-11H2. The first-order valence-corrected chi connectivity index (χ1v) is 9.06. The molecule has 1 aliphatic carbocycles. The van der Waals surface area contributed by atoms with E-state index < -0.39 is 10.0 Å². The molecule has 0 radical (unpaired) electrons. The Morgan fingerprint density at radius 3 is 2.43 bits per heavy atom. The molecule has 0 unspecified atom stereocenters. The van der Waals surface area contributed by atoms with Gasteiger partial charge in [0.25, 0.3) is 0 Å². The van der Waals surface area contributed by atoms with Crippen LogP contribution in [0.1, 0.15) is 31.2 Å². The van der Waals surface area contributed by atoms with Gasteiger partial charge in [-0.2, -0.15) is 0 Å². The monoisotopic (exact) mass is 312 g/mol. The summed E-state index contributed by atoms with van der Waals surface area (Å²) in [5.74, 6) is -0.172. The highest BCUT2D eigenvalue weighted by molar-refractivity contribution is 7.90. The highest BCUT2D eigenvalue weighted by Gasteiger charge is 2.37. The van der Waals surface area contributed by atoms with Gasteiger partial charge in [-0.1, -0.05) is 18.2 Å². The first-order chi connectivity index (χ1) is 10.0. The van der Waals surface area contributed by atoms with Gasteiger partial charge in [0.2, 0.25) is 10.0 Å². The van der Waals surface area contributed by atoms with Crippen molar-refractivity contribution in [1.29, 1.82) is 0 Å². The van der Waals surface area contributed by atoms with Crippen LogP contribution in [0, 0.1) is 5.82 Å². The fourth-order valence-corrected chi connectivity index (χ4v) is 4.43. The van der Waals surface area contributed by atoms with Crippen molar-refractivity contribution in [2.75, 3.05) is 13.1 Å². The molecular formula is C15H21FN2O2S. The molecule has 0 aromatic heterocycles. The van der Waals surface area contributed by atoms with Gasteiger partial charge in [-0.3, -0.25) is 4.90 Å². The number of nitrogens with one attached hydrogen (secondary N) is 1. The molecule has 116 valence electrons. The van der Waals surface area contributed by atoms with E-state index in [-0.39, 0.29) is 17.1 Å². The molecule has 1 saturated carbocycles. The Hall–Kier alpha value is -0.980. The van der Waals surface area contributed by atoms with Gasteiger partial charge >= 0.3 is 0 Å². The van der Waals surface area contributed by atoms with E-state index in [2.05, 4.69) is 9.62 Å². The van der Waals surface area contributed by atoms with Crippen LogP contribution >= 0.6 is 0 Å². The molecule has 1 saturated heterocycles. The number of piperidine rings is 1. The van der Waals surface area contributed by atoms with Crippen molar-refractivity contribution in [3.8, 4) is 0 Å². The van der Waals surface area contributed by atoms with Gasteiger partial charge in [-0.15, -0.1) is 0 Å². The molecule has 0 spiro atoms. The summed E-state index contributed by atoms with van der Waals surface area (Å²) in [7, 11) is -3.10. The summed E-state index contributed by atoms with van der Waals surface area (Å²) < 4.78 is 40.3. The highest BCUT2D eigenvalue weighted by atomic mass is 32.2. The van der Waals surface area contributed by atoms with E-state index in [1.807, 2.05) is 6.07 Å². The van der Waals surface area contributed by atoms with Crippen molar-refractivity contribution in [3.05, 3.63) is 35.6 Å². The number of hydrogen-bond acceptors (Lipinski definition) is 3. The molecular weight excluding hydrogens is 291 g/mol. The Labute approximate surface area is 125 Å². The van der Waals surface area contributed by atoms with Gasteiger partial charge in [0.05, 0.1) is 5.25 Å². The van der Waals surface area contributed by atoms with Gasteiger partial charge in [0.15, 0.2) is 0 Å². The maximum Gasteiger partial charge on any atom is 0.214 e. The molecule has 1 heterocycles. The third-order valence-electron chi connectivity index (χ3n) is 4.23. The minimum Gasteiger partial charge on any atom is -0.299 e. The van der Waals surface area contributed by atoms with Crippen LogP contribution in [0.25, 0.3) is 0 Å². The zero-order valence-electron chi connectivity index (χ0n) is 12.0. The highest BCUT2D eigenvalue weighted by Crippen LogP contribution is 2.28. The molecule has 1 N–H and O–H groups in total. The molecule has 0 bridgehead atoms. The van der Waals surface area contributed by atoms with Gasteiger partial charge in [-0.05, 0) is 31.7 Å². The predicted octanol–water partition coefficient (Wildman–Crippen LogP) is 1.87. The van der Waals surface area contributed by atoms with Crippen LogP contribution in [0.2, 0.25) is 0 Å². The summed E-state index contributed by atoms with van der Waals surface area (Å²) in [6, 6.07) is 6.85. The smallest absolute Gasteiger partial charge is 0.214 e. The van der Waals surface area contributed by atoms with Crippen LogP contribution in [-0.2, 0) is 16.6 Å². The summed E-state index contributed by atoms with van der Waals surface area (Å²) in [4.78, 5) is 2.18. The van der Waals surface area contributed by atoms with Crippen LogP contribution in [0.3, 0.4) is 0 Å². The van der Waals surface area contributed by atoms with Crippen LogP contribution in [-0.4, -0.2) is 37.7 Å². The van der Waals surface area contributed by atoms with Gasteiger partial charge in [0.1, 0.15) is 5.82 Å². The SMILES string of the molecule is O=S(=O)(NC1CCN(Cc2ccccc2F)CC1)C1CC1. The molecule has 2 fully saturated rings. The lowest BCUT2D eigenvalue weighted by Gasteiger charge is -2.32. The number of hydrogen-bond donors (Lipinski definition) is 1. The average molecular weight is 312 g/mol. The Bertz CT molecular complexity index is 593. The van der Waals surface area contributed by atoms with E-state index >= 15 is 0 Å². The van der Waals surface area contributed by atoms with E-state index in [1.165, 1.54) is 6.07 Å². The lowest BCUT2D eigenvalue weighted by Crippen LogP contribution is -2.45. The maximum absolute atomic E-state index is 13.6. The van der Waals surface area contributed by atoms with Crippen LogP contribution in [0.15, 0.2) is 24.3 Å². The van der Waals surface area contributed by atoms with Crippen molar-refractivity contribution in [3.63, 3.8) is 0 Å². The Kier molecular flexibility index (Phi) is 4.28. The maximum atomic E-state index is 13.6. The summed E-state index contributed by atoms with van der Waals surface area (Å²) in [5, 5.41) is -0.158. The number of nitrogens with zero attached hydrogens (tertiary/aromatic N) is 1. The van der Waals surface area contributed by atoms with Gasteiger partial charge in [0, 0.05) is 31.2 Å². The normalized spacial score (nSPS) is 21.6. The number of rotatable bonds is 5. The summed E-state index contributed by atoms with van der Waals surface area (Å²) in [6.45, 7) is 2.19. The predicted molar refractivity (Wildman–Crippen MR) is 79.8 cm³/mol. The third kappa shape index (κ3) is 3.81. The summed E-state index contributed by atoms with van der Waals surface area (Å²) in [5.41, 5.74) is 0.703. The second kappa shape index (κ2) is 6.02. The lowest BCUT2D eigenvalue weighted by atomic mass is 10.1. The molecule has 21 heavy (non-hydrogen) atoms. The number of halogens is 1. The summed E-state index contributed by atoms with van der Waals surface area (Å²) >= 11 is 0. The van der Waals surface area contributed by atoms with Gasteiger partial charge < -0.3 is 0 Å². The first kappa shape index (κ1) is 14.9. The van der Waals surface area contributed by atoms with E-state index in [4.69, 9.17) is 0 Å². The zero-order chi connectivity index (χ0) is 14.9. The molecule has 1 aliphatic heterocycles. The second-order valence-electron chi connectivity index (χ2n) is 6.00. The van der Waals surface area contributed by atoms with E-state index in [9.17, 15) is 12.8 Å². The Morgan fingerprint density at radius 1 is 1.14 bits per heavy atom. The molecule has 1 aromatic rings. The van der Waals surface area contributed by atoms with Gasteiger partial charge in [-0.25, -0.2) is 17.5 Å². The Balaban J connectivity index is 1.50. The molecule has 0 atom stereocenters. The minimum atomic E-state index is -3.10. The third-order valence-corrected chi connectivity index (χ3v) is 6.24. The number of benzene rings is 1. The topological polar surface area (TPSA) is 49.4 Å². The zero-order valence-corrected chi connectivity index (χ0v) is 12.8. The van der Waals surface area contributed by atoms with Crippen molar-refractivity contribution < 1.29 is 12.8 Å². The van der Waals surface area contributed by atoms with Crippen LogP contribution in [0.4, 0.5) is 4.39 Å². The molecule has 6 heteroatoms. The number of likely N-dealkylation sites (tertiary alicyclic amines) is 1. The average Bonchev–Trinajstić information content (AvgIpc) is 3.28. The van der Waals surface area contributed by atoms with Crippen LogP contribution in [0.5, 0.6) is 0 Å². The summed E-state index contributed by atoms with van der Waals surface area (Å²) in [6.07, 6.45) is 3.17. The van der Waals surface area contributed by atoms with E-state index in [1.54, 1.807) is 12.1 Å². The minimum absolute atomic E-state index is 0.0347. The van der Waals surface area contributed by atoms with E-state index in [0.29, 0.717) is 12.1 Å². The van der Waals surface area contributed by atoms with Crippen molar-refractivity contribution >= 4 is 10.0 Å². The molecule has 1 aromatic carbocycles.